The number of carbonyl (C=O) groups is 3. The van der Waals surface area contributed by atoms with E-state index in [2.05, 4.69) is 10.6 Å². The van der Waals surface area contributed by atoms with Crippen molar-refractivity contribution in [2.75, 3.05) is 18.4 Å². The number of halogens is 1. The number of carbonyl (C=O) groups excluding carboxylic acids is 3. The molecule has 2 aromatic rings. The smallest absolute Gasteiger partial charge is 0.227 e. The number of rotatable bonds is 6. The van der Waals surface area contributed by atoms with Crippen molar-refractivity contribution in [1.29, 1.82) is 0 Å². The van der Waals surface area contributed by atoms with E-state index < -0.39 is 6.04 Å². The van der Waals surface area contributed by atoms with Gasteiger partial charge in [0.25, 0.3) is 0 Å². The van der Waals surface area contributed by atoms with E-state index in [0.717, 1.165) is 11.3 Å². The van der Waals surface area contributed by atoms with E-state index >= 15 is 0 Å². The first kappa shape index (κ1) is 21.8. The van der Waals surface area contributed by atoms with E-state index in [9.17, 15) is 14.4 Å². The van der Waals surface area contributed by atoms with Crippen LogP contribution in [0.1, 0.15) is 37.8 Å². The SMILES string of the molecule is CC(=O)N[C@H](CC(=O)N1CCC(C(=O)Nc2ccccc2)CC1)c1ccc(Cl)cc1. The molecule has 0 aliphatic carbocycles. The Bertz CT molecular complexity index is 878. The molecule has 1 aliphatic heterocycles. The number of hydrogen-bond acceptors (Lipinski definition) is 3. The third-order valence-electron chi connectivity index (χ3n) is 5.29. The molecule has 6 nitrogen and oxygen atoms in total. The molecule has 0 bridgehead atoms. The van der Waals surface area contributed by atoms with Gasteiger partial charge in [0.05, 0.1) is 12.5 Å². The highest BCUT2D eigenvalue weighted by molar-refractivity contribution is 6.30. The maximum Gasteiger partial charge on any atom is 0.227 e. The first-order valence-corrected chi connectivity index (χ1v) is 10.5. The quantitative estimate of drug-likeness (QED) is 0.736. The van der Waals surface area contributed by atoms with Crippen molar-refractivity contribution in [2.45, 2.75) is 32.2 Å². The maximum absolute atomic E-state index is 12.8. The van der Waals surface area contributed by atoms with E-state index in [1.54, 1.807) is 17.0 Å². The van der Waals surface area contributed by atoms with Gasteiger partial charge in [-0.3, -0.25) is 14.4 Å². The third-order valence-corrected chi connectivity index (χ3v) is 5.54. The molecule has 30 heavy (non-hydrogen) atoms. The topological polar surface area (TPSA) is 78.5 Å². The number of anilines is 1. The van der Waals surface area contributed by atoms with Crippen molar-refractivity contribution < 1.29 is 14.4 Å². The fourth-order valence-electron chi connectivity index (χ4n) is 3.65. The molecule has 3 amide bonds. The zero-order chi connectivity index (χ0) is 21.5. The highest BCUT2D eigenvalue weighted by Crippen LogP contribution is 2.24. The molecule has 3 rings (SSSR count). The minimum Gasteiger partial charge on any atom is -0.349 e. The zero-order valence-electron chi connectivity index (χ0n) is 16.9. The van der Waals surface area contributed by atoms with Crippen LogP contribution in [0.3, 0.4) is 0 Å². The number of likely N-dealkylation sites (tertiary alicyclic amines) is 1. The summed E-state index contributed by atoms with van der Waals surface area (Å²) >= 11 is 5.94. The summed E-state index contributed by atoms with van der Waals surface area (Å²) in [4.78, 5) is 38.7. The molecule has 0 spiro atoms. The van der Waals surface area contributed by atoms with Gasteiger partial charge in [0.2, 0.25) is 17.7 Å². The number of nitrogens with one attached hydrogen (secondary N) is 2. The Hall–Kier alpha value is -2.86. The van der Waals surface area contributed by atoms with E-state index in [-0.39, 0.29) is 30.1 Å². The number of hydrogen-bond donors (Lipinski definition) is 2. The monoisotopic (exact) mass is 427 g/mol. The fourth-order valence-corrected chi connectivity index (χ4v) is 3.78. The molecular formula is C23H26ClN3O3. The summed E-state index contributed by atoms with van der Waals surface area (Å²) in [5, 5.41) is 6.38. The number of para-hydroxylation sites is 1. The summed E-state index contributed by atoms with van der Waals surface area (Å²) in [7, 11) is 0. The summed E-state index contributed by atoms with van der Waals surface area (Å²) in [6, 6.07) is 16.1. The second kappa shape index (κ2) is 10.3. The first-order valence-electron chi connectivity index (χ1n) is 10.1. The first-order chi connectivity index (χ1) is 14.4. The Morgan fingerprint density at radius 2 is 1.67 bits per heavy atom. The van der Waals surface area contributed by atoms with Crippen molar-refractivity contribution >= 4 is 35.0 Å². The Balaban J connectivity index is 1.55. The maximum atomic E-state index is 12.8. The van der Waals surface area contributed by atoms with Gasteiger partial charge in [-0.15, -0.1) is 0 Å². The fraction of sp³-hybridized carbons (Fsp3) is 0.348. The van der Waals surface area contributed by atoms with Crippen molar-refractivity contribution in [2.24, 2.45) is 5.92 Å². The zero-order valence-corrected chi connectivity index (χ0v) is 17.7. The van der Waals surface area contributed by atoms with Gasteiger partial charge in [0.1, 0.15) is 0 Å². The molecular weight excluding hydrogens is 402 g/mol. The van der Waals surface area contributed by atoms with Crippen LogP contribution in [0, 0.1) is 5.92 Å². The Morgan fingerprint density at radius 1 is 1.03 bits per heavy atom. The van der Waals surface area contributed by atoms with Crippen LogP contribution >= 0.6 is 11.6 Å². The van der Waals surface area contributed by atoms with Crippen LogP contribution < -0.4 is 10.6 Å². The molecule has 2 aromatic carbocycles. The Kier molecular flexibility index (Phi) is 7.46. The normalized spacial score (nSPS) is 15.3. The molecule has 7 heteroatoms. The van der Waals surface area contributed by atoms with Gasteiger partial charge in [-0.25, -0.2) is 0 Å². The van der Waals surface area contributed by atoms with Gasteiger partial charge in [-0.1, -0.05) is 41.9 Å². The highest BCUT2D eigenvalue weighted by atomic mass is 35.5. The van der Waals surface area contributed by atoms with Crippen LogP contribution in [0.25, 0.3) is 0 Å². The minimum atomic E-state index is -0.411. The van der Waals surface area contributed by atoms with E-state index in [1.807, 2.05) is 42.5 Å². The number of nitrogens with zero attached hydrogens (tertiary/aromatic N) is 1. The number of benzene rings is 2. The molecule has 158 valence electrons. The van der Waals surface area contributed by atoms with Crippen molar-refractivity contribution in [3.63, 3.8) is 0 Å². The van der Waals surface area contributed by atoms with Gasteiger partial charge in [-0.2, -0.15) is 0 Å². The molecule has 1 atom stereocenters. The lowest BCUT2D eigenvalue weighted by Crippen LogP contribution is -2.43. The van der Waals surface area contributed by atoms with Gasteiger partial charge in [0, 0.05) is 36.6 Å². The molecule has 0 aromatic heterocycles. The van der Waals surface area contributed by atoms with Gasteiger partial charge < -0.3 is 15.5 Å². The van der Waals surface area contributed by atoms with Crippen LogP contribution in [0.4, 0.5) is 5.69 Å². The lowest BCUT2D eigenvalue weighted by atomic mass is 9.95. The summed E-state index contributed by atoms with van der Waals surface area (Å²) in [5.74, 6) is -0.355. The molecule has 0 unspecified atom stereocenters. The Labute approximate surface area is 181 Å². The lowest BCUT2D eigenvalue weighted by Gasteiger charge is -2.32. The summed E-state index contributed by atoms with van der Waals surface area (Å²) in [6.07, 6.45) is 1.41. The van der Waals surface area contributed by atoms with Crippen LogP contribution in [-0.4, -0.2) is 35.7 Å². The second-order valence-electron chi connectivity index (χ2n) is 7.52. The van der Waals surface area contributed by atoms with Crippen LogP contribution in [-0.2, 0) is 14.4 Å². The summed E-state index contributed by atoms with van der Waals surface area (Å²) < 4.78 is 0. The molecule has 0 saturated carbocycles. The summed E-state index contributed by atoms with van der Waals surface area (Å²) in [6.45, 7) is 2.49. The third kappa shape index (κ3) is 6.07. The van der Waals surface area contributed by atoms with Crippen LogP contribution in [0.5, 0.6) is 0 Å². The highest BCUT2D eigenvalue weighted by Gasteiger charge is 2.29. The molecule has 1 aliphatic rings. The average molecular weight is 428 g/mol. The number of piperidine rings is 1. The Morgan fingerprint density at radius 3 is 2.27 bits per heavy atom. The van der Waals surface area contributed by atoms with E-state index in [1.165, 1.54) is 6.92 Å². The largest absolute Gasteiger partial charge is 0.349 e. The second-order valence-corrected chi connectivity index (χ2v) is 7.96. The summed E-state index contributed by atoms with van der Waals surface area (Å²) in [5.41, 5.74) is 1.61. The molecule has 1 heterocycles. The number of amides is 3. The van der Waals surface area contributed by atoms with Crippen molar-refractivity contribution in [3.05, 3.63) is 65.2 Å². The van der Waals surface area contributed by atoms with Crippen LogP contribution in [0.2, 0.25) is 5.02 Å². The predicted octanol–water partition coefficient (Wildman–Crippen LogP) is 3.78. The molecule has 1 saturated heterocycles. The van der Waals surface area contributed by atoms with Gasteiger partial charge in [-0.05, 0) is 42.7 Å². The predicted molar refractivity (Wildman–Crippen MR) is 117 cm³/mol. The van der Waals surface area contributed by atoms with Gasteiger partial charge >= 0.3 is 0 Å². The molecule has 0 radical (unpaired) electrons. The molecule has 1 fully saturated rings. The standard InChI is InChI=1S/C23H26ClN3O3/c1-16(28)25-21(17-7-9-19(24)10-8-17)15-22(29)27-13-11-18(12-14-27)23(30)26-20-5-3-2-4-6-20/h2-10,18,21H,11-15H2,1H3,(H,25,28)(H,26,30)/t21-/m1/s1. The molecule has 2 N–H and O–H groups in total. The van der Waals surface area contributed by atoms with Crippen LogP contribution in [0.15, 0.2) is 54.6 Å². The average Bonchev–Trinajstić information content (AvgIpc) is 2.74. The minimum absolute atomic E-state index is 0.00872. The van der Waals surface area contributed by atoms with E-state index in [0.29, 0.717) is 31.0 Å². The van der Waals surface area contributed by atoms with Gasteiger partial charge in [0.15, 0.2) is 0 Å². The van der Waals surface area contributed by atoms with Crippen molar-refractivity contribution in [3.8, 4) is 0 Å². The van der Waals surface area contributed by atoms with Crippen molar-refractivity contribution in [1.82, 2.24) is 10.2 Å². The van der Waals surface area contributed by atoms with E-state index in [4.69, 9.17) is 11.6 Å². The lowest BCUT2D eigenvalue weighted by molar-refractivity contribution is -0.135.